The van der Waals surface area contributed by atoms with Gasteiger partial charge in [-0.25, -0.2) is 4.79 Å². The first-order chi connectivity index (χ1) is 14.9. The summed E-state index contributed by atoms with van der Waals surface area (Å²) in [6.07, 6.45) is 4.78. The van der Waals surface area contributed by atoms with Gasteiger partial charge in [-0.2, -0.15) is 0 Å². The molecule has 0 radical (unpaired) electrons. The summed E-state index contributed by atoms with van der Waals surface area (Å²) in [4.78, 5) is 14.9. The number of carbonyl (C=O) groups is 1. The standard InChI is InChI=1S/C24H27NO3/c26-19-10-9-18-14-22-20-8-4-5-11-24(20,21(18)15-19)12-13-25(22)23(27)28-16-17-6-2-1-3-7-17/h1-3,6-7,9-10,15,20,22,26H,4-5,8,11-14,16H2/t20-,22+,24+/m1/s1/i9D,10D,15D. The van der Waals surface area contributed by atoms with Crippen LogP contribution in [0.25, 0.3) is 0 Å². The van der Waals surface area contributed by atoms with Crippen LogP contribution in [0, 0.1) is 5.92 Å². The molecule has 3 atom stereocenters. The predicted molar refractivity (Wildman–Crippen MR) is 107 cm³/mol. The van der Waals surface area contributed by atoms with Gasteiger partial charge >= 0.3 is 6.09 Å². The van der Waals surface area contributed by atoms with Crippen LogP contribution in [0.15, 0.2) is 48.5 Å². The van der Waals surface area contributed by atoms with Crippen LogP contribution in [-0.4, -0.2) is 28.7 Å². The highest BCUT2D eigenvalue weighted by atomic mass is 16.6. The van der Waals surface area contributed by atoms with Crippen LogP contribution in [-0.2, 0) is 23.2 Å². The van der Waals surface area contributed by atoms with Crippen molar-refractivity contribution in [2.24, 2.45) is 5.92 Å². The van der Waals surface area contributed by atoms with E-state index in [9.17, 15) is 9.90 Å². The van der Waals surface area contributed by atoms with Crippen molar-refractivity contribution in [3.63, 3.8) is 0 Å². The molecule has 2 aliphatic carbocycles. The van der Waals surface area contributed by atoms with Crippen molar-refractivity contribution < 1.29 is 18.8 Å². The number of aromatic hydroxyl groups is 1. The predicted octanol–water partition coefficient (Wildman–Crippen LogP) is 4.79. The van der Waals surface area contributed by atoms with Crippen LogP contribution < -0.4 is 0 Å². The molecule has 0 aromatic heterocycles. The lowest BCUT2D eigenvalue weighted by Gasteiger charge is -2.58. The maximum absolute atomic E-state index is 13.1. The molecule has 1 N–H and O–H groups in total. The van der Waals surface area contributed by atoms with Gasteiger partial charge in [0.2, 0.25) is 0 Å². The molecule has 4 heteroatoms. The molecule has 0 spiro atoms. The molecule has 1 amide bonds. The number of likely N-dealkylation sites (tertiary alicyclic amines) is 1. The van der Waals surface area contributed by atoms with Gasteiger partial charge in [0, 0.05) is 18.0 Å². The second-order valence-electron chi connectivity index (χ2n) is 8.34. The number of fused-ring (bicyclic) bond motifs is 1. The lowest BCUT2D eigenvalue weighted by atomic mass is 9.52. The average molecular weight is 381 g/mol. The topological polar surface area (TPSA) is 49.8 Å². The van der Waals surface area contributed by atoms with Crippen LogP contribution >= 0.6 is 0 Å². The van der Waals surface area contributed by atoms with Crippen molar-refractivity contribution in [3.8, 4) is 5.75 Å². The molecule has 1 heterocycles. The van der Waals surface area contributed by atoms with Crippen molar-refractivity contribution in [1.29, 1.82) is 0 Å². The van der Waals surface area contributed by atoms with E-state index in [2.05, 4.69) is 0 Å². The Morgan fingerprint density at radius 3 is 2.96 bits per heavy atom. The van der Waals surface area contributed by atoms with E-state index in [1.165, 1.54) is 0 Å². The Morgan fingerprint density at radius 1 is 1.25 bits per heavy atom. The molecular weight excluding hydrogens is 350 g/mol. The zero-order chi connectivity index (χ0) is 21.8. The molecule has 2 bridgehead atoms. The van der Waals surface area contributed by atoms with Crippen LogP contribution in [0.4, 0.5) is 4.79 Å². The summed E-state index contributed by atoms with van der Waals surface area (Å²) in [6.45, 7) is 0.769. The minimum atomic E-state index is -0.384. The summed E-state index contributed by atoms with van der Waals surface area (Å²) in [6, 6.07) is 9.24. The molecule has 3 aliphatic rings. The second-order valence-corrected chi connectivity index (χ2v) is 8.34. The zero-order valence-corrected chi connectivity index (χ0v) is 15.9. The molecule has 0 unspecified atom stereocenters. The fraction of sp³-hybridized carbons (Fsp3) is 0.458. The number of phenolic OH excluding ortho intramolecular Hbond substituents is 1. The first-order valence-corrected chi connectivity index (χ1v) is 10.2. The van der Waals surface area contributed by atoms with Crippen molar-refractivity contribution in [2.75, 3.05) is 6.54 Å². The van der Waals surface area contributed by atoms with Gasteiger partial charge < -0.3 is 14.7 Å². The zero-order valence-electron chi connectivity index (χ0n) is 18.9. The van der Waals surface area contributed by atoms with E-state index in [-0.39, 0.29) is 54.0 Å². The number of hydrogen-bond acceptors (Lipinski definition) is 3. The Kier molecular flexibility index (Phi) is 3.54. The molecule has 4 nitrogen and oxygen atoms in total. The number of benzene rings is 2. The molecule has 2 aromatic carbocycles. The fourth-order valence-corrected chi connectivity index (χ4v) is 5.77. The molecule has 1 saturated carbocycles. The van der Waals surface area contributed by atoms with Gasteiger partial charge in [-0.15, -0.1) is 0 Å². The van der Waals surface area contributed by atoms with Gasteiger partial charge in [0.25, 0.3) is 0 Å². The van der Waals surface area contributed by atoms with E-state index < -0.39 is 0 Å². The maximum Gasteiger partial charge on any atom is 0.410 e. The Morgan fingerprint density at radius 2 is 2.11 bits per heavy atom. The lowest BCUT2D eigenvalue weighted by Crippen LogP contribution is -2.62. The molecule has 1 aliphatic heterocycles. The van der Waals surface area contributed by atoms with Crippen molar-refractivity contribution in [2.45, 2.75) is 56.6 Å². The summed E-state index contributed by atoms with van der Waals surface area (Å²) in [5, 5.41) is 10.4. The number of nitrogens with zero attached hydrogens (tertiary/aromatic N) is 1. The summed E-state index contributed by atoms with van der Waals surface area (Å²) in [5.74, 6) is -0.197. The number of rotatable bonds is 2. The van der Waals surface area contributed by atoms with Crippen LogP contribution in [0.1, 0.15) is 52.9 Å². The lowest BCUT2D eigenvalue weighted by molar-refractivity contribution is -0.0137. The van der Waals surface area contributed by atoms with Crippen LogP contribution in [0.5, 0.6) is 5.75 Å². The highest BCUT2D eigenvalue weighted by Crippen LogP contribution is 2.56. The summed E-state index contributed by atoms with van der Waals surface area (Å²) in [5.41, 5.74) is 2.07. The molecule has 146 valence electrons. The molecule has 5 rings (SSSR count). The molecule has 1 saturated heterocycles. The summed E-state index contributed by atoms with van der Waals surface area (Å²) >= 11 is 0. The largest absolute Gasteiger partial charge is 0.508 e. The number of amides is 1. The Balaban J connectivity index is 1.50. The van der Waals surface area contributed by atoms with Crippen LogP contribution in [0.3, 0.4) is 0 Å². The monoisotopic (exact) mass is 380 g/mol. The first-order valence-electron chi connectivity index (χ1n) is 11.7. The quantitative estimate of drug-likeness (QED) is 0.815. The molecule has 2 fully saturated rings. The average Bonchev–Trinajstić information content (AvgIpc) is 2.80. The van der Waals surface area contributed by atoms with Gasteiger partial charge in [0.1, 0.15) is 12.4 Å². The van der Waals surface area contributed by atoms with Gasteiger partial charge in [-0.1, -0.05) is 49.2 Å². The van der Waals surface area contributed by atoms with E-state index in [1.54, 1.807) is 0 Å². The first kappa shape index (κ1) is 14.5. The van der Waals surface area contributed by atoms with E-state index in [4.69, 9.17) is 8.85 Å². The summed E-state index contributed by atoms with van der Waals surface area (Å²) < 4.78 is 30.8. The third-order valence-corrected chi connectivity index (χ3v) is 6.99. The second kappa shape index (κ2) is 6.84. The molecule has 2 aromatic rings. The van der Waals surface area contributed by atoms with E-state index in [1.807, 2.05) is 35.2 Å². The smallest absolute Gasteiger partial charge is 0.410 e. The third-order valence-electron chi connectivity index (χ3n) is 6.99. The SMILES string of the molecule is [2H]c1c([2H])c2c(c([2H])c1O)[C@]13CCCC[C@@H]1[C@H](C2)N(C(=O)OCc1ccccc1)CC3. The Hall–Kier alpha value is -2.49. The highest BCUT2D eigenvalue weighted by molar-refractivity contribution is 5.69. The minimum absolute atomic E-state index is 0.00333. The number of ether oxygens (including phenoxy) is 1. The van der Waals surface area contributed by atoms with Gasteiger partial charge in [-0.3, -0.25) is 0 Å². The van der Waals surface area contributed by atoms with Gasteiger partial charge in [0.05, 0.1) is 4.11 Å². The number of hydrogen-bond donors (Lipinski definition) is 1. The van der Waals surface area contributed by atoms with Gasteiger partial charge in [0.15, 0.2) is 0 Å². The minimum Gasteiger partial charge on any atom is -0.508 e. The fourth-order valence-electron chi connectivity index (χ4n) is 5.77. The maximum atomic E-state index is 13.1. The van der Waals surface area contributed by atoms with Crippen molar-refractivity contribution >= 4 is 6.09 Å². The molecular formula is C24H27NO3. The van der Waals surface area contributed by atoms with Crippen LogP contribution in [0.2, 0.25) is 0 Å². The van der Waals surface area contributed by atoms with Crippen molar-refractivity contribution in [3.05, 3.63) is 65.1 Å². The third kappa shape index (κ3) is 2.78. The summed E-state index contributed by atoms with van der Waals surface area (Å²) in [7, 11) is 0. The highest BCUT2D eigenvalue weighted by Gasteiger charge is 2.55. The normalized spacial score (nSPS) is 29.7. The van der Waals surface area contributed by atoms with Crippen molar-refractivity contribution in [1.82, 2.24) is 4.90 Å². The number of phenols is 1. The van der Waals surface area contributed by atoms with Gasteiger partial charge in [-0.05, 0) is 60.4 Å². The van der Waals surface area contributed by atoms with E-state index >= 15 is 0 Å². The molecule has 28 heavy (non-hydrogen) atoms. The van der Waals surface area contributed by atoms with E-state index in [0.29, 0.717) is 24.9 Å². The Labute approximate surface area is 170 Å². The Bertz CT molecular complexity index is 1030. The number of carbonyl (C=O) groups excluding carboxylic acids is 1. The number of piperidine rings is 1. The van der Waals surface area contributed by atoms with E-state index in [0.717, 1.165) is 36.8 Å².